The minimum Gasteiger partial charge on any atom is -0.454 e. The summed E-state index contributed by atoms with van der Waals surface area (Å²) < 4.78 is 14.6. The van der Waals surface area contributed by atoms with Crippen LogP contribution in [0.1, 0.15) is 10.4 Å². The highest BCUT2D eigenvalue weighted by molar-refractivity contribution is 6.00. The molecule has 16 heavy (non-hydrogen) atoms. The quantitative estimate of drug-likeness (QED) is 0.427. The molecule has 2 rings (SSSR count). The van der Waals surface area contributed by atoms with Gasteiger partial charge in [-0.2, -0.15) is 0 Å². The molecular formula is C11H8O5. The Labute approximate surface area is 91.2 Å². The molecule has 0 saturated carbocycles. The second-order valence-corrected chi connectivity index (χ2v) is 2.98. The van der Waals surface area contributed by atoms with Crippen LogP contribution in [0.2, 0.25) is 0 Å². The molecule has 0 saturated heterocycles. The first-order valence-corrected chi connectivity index (χ1v) is 4.49. The number of carbonyl (C=O) groups excluding carboxylic acids is 2. The molecule has 1 aromatic carbocycles. The third-order valence-electron chi connectivity index (χ3n) is 1.97. The number of benzene rings is 1. The van der Waals surface area contributed by atoms with Crippen molar-refractivity contribution >= 4 is 11.9 Å². The minimum atomic E-state index is -0.789. The summed E-state index contributed by atoms with van der Waals surface area (Å²) in [5.74, 6) is -0.516. The van der Waals surface area contributed by atoms with E-state index in [0.29, 0.717) is 11.5 Å². The van der Waals surface area contributed by atoms with Gasteiger partial charge in [-0.1, -0.05) is 6.58 Å². The van der Waals surface area contributed by atoms with E-state index in [1.54, 1.807) is 6.07 Å². The number of carbonyl (C=O) groups is 2. The van der Waals surface area contributed by atoms with Gasteiger partial charge in [-0.05, 0) is 18.2 Å². The van der Waals surface area contributed by atoms with Crippen LogP contribution in [-0.4, -0.2) is 18.7 Å². The van der Waals surface area contributed by atoms with Crippen LogP contribution in [0, 0.1) is 0 Å². The molecule has 0 radical (unpaired) electrons. The predicted molar refractivity (Wildman–Crippen MR) is 53.2 cm³/mol. The predicted octanol–water partition coefficient (Wildman–Crippen LogP) is 1.28. The van der Waals surface area contributed by atoms with Gasteiger partial charge >= 0.3 is 11.9 Å². The lowest BCUT2D eigenvalue weighted by molar-refractivity contribution is -0.132. The maximum absolute atomic E-state index is 11.4. The van der Waals surface area contributed by atoms with E-state index in [0.717, 1.165) is 6.08 Å². The van der Waals surface area contributed by atoms with Gasteiger partial charge in [0.15, 0.2) is 11.5 Å². The van der Waals surface area contributed by atoms with Gasteiger partial charge in [0.1, 0.15) is 0 Å². The number of fused-ring (bicyclic) bond motifs is 1. The van der Waals surface area contributed by atoms with Gasteiger partial charge in [0.05, 0.1) is 5.56 Å². The van der Waals surface area contributed by atoms with Crippen LogP contribution in [0.5, 0.6) is 11.5 Å². The average Bonchev–Trinajstić information content (AvgIpc) is 2.75. The molecule has 0 aliphatic carbocycles. The van der Waals surface area contributed by atoms with Crippen LogP contribution < -0.4 is 9.47 Å². The molecule has 0 bridgehead atoms. The molecule has 0 atom stereocenters. The number of hydrogen-bond donors (Lipinski definition) is 0. The van der Waals surface area contributed by atoms with Crippen molar-refractivity contribution in [1.29, 1.82) is 0 Å². The molecule has 0 amide bonds. The largest absolute Gasteiger partial charge is 0.454 e. The minimum absolute atomic E-state index is 0.124. The number of rotatable bonds is 2. The summed E-state index contributed by atoms with van der Waals surface area (Å²) in [6.45, 7) is 3.32. The molecule has 82 valence electrons. The van der Waals surface area contributed by atoms with E-state index in [1.807, 2.05) is 0 Å². The lowest BCUT2D eigenvalue weighted by Gasteiger charge is -2.01. The summed E-state index contributed by atoms with van der Waals surface area (Å²) in [5, 5.41) is 0. The topological polar surface area (TPSA) is 61.8 Å². The lowest BCUT2D eigenvalue weighted by atomic mass is 10.2. The zero-order valence-corrected chi connectivity index (χ0v) is 8.26. The zero-order valence-electron chi connectivity index (χ0n) is 8.26. The van der Waals surface area contributed by atoms with Gasteiger partial charge in [0.2, 0.25) is 6.79 Å². The molecule has 0 spiro atoms. The van der Waals surface area contributed by atoms with Gasteiger partial charge in [-0.25, -0.2) is 9.59 Å². The fourth-order valence-electron chi connectivity index (χ4n) is 1.22. The van der Waals surface area contributed by atoms with Crippen molar-refractivity contribution in [2.45, 2.75) is 0 Å². The normalized spacial score (nSPS) is 12.0. The van der Waals surface area contributed by atoms with E-state index >= 15 is 0 Å². The van der Waals surface area contributed by atoms with Crippen molar-refractivity contribution in [1.82, 2.24) is 0 Å². The molecule has 1 heterocycles. The molecule has 0 aromatic heterocycles. The molecule has 1 aromatic rings. The molecule has 5 nitrogen and oxygen atoms in total. The lowest BCUT2D eigenvalue weighted by Crippen LogP contribution is -2.09. The Bertz CT molecular complexity index is 463. The second kappa shape index (κ2) is 4.06. The van der Waals surface area contributed by atoms with Crippen molar-refractivity contribution in [2.75, 3.05) is 6.79 Å². The van der Waals surface area contributed by atoms with Crippen LogP contribution >= 0.6 is 0 Å². The van der Waals surface area contributed by atoms with E-state index in [4.69, 9.17) is 9.47 Å². The van der Waals surface area contributed by atoms with Crippen LogP contribution in [0.15, 0.2) is 30.9 Å². The number of esters is 2. The van der Waals surface area contributed by atoms with Crippen LogP contribution in [-0.2, 0) is 9.53 Å². The summed E-state index contributed by atoms with van der Waals surface area (Å²) in [4.78, 5) is 22.2. The van der Waals surface area contributed by atoms with E-state index in [-0.39, 0.29) is 12.4 Å². The fraction of sp³-hybridized carbons (Fsp3) is 0.0909. The third kappa shape index (κ3) is 1.88. The van der Waals surface area contributed by atoms with E-state index < -0.39 is 11.9 Å². The molecule has 0 fully saturated rings. The highest BCUT2D eigenvalue weighted by Gasteiger charge is 2.17. The highest BCUT2D eigenvalue weighted by atomic mass is 16.7. The summed E-state index contributed by atoms with van der Waals surface area (Å²) in [6, 6.07) is 4.53. The fourth-order valence-corrected chi connectivity index (χ4v) is 1.22. The maximum Gasteiger partial charge on any atom is 0.346 e. The van der Waals surface area contributed by atoms with Crippen molar-refractivity contribution in [3.05, 3.63) is 36.4 Å². The van der Waals surface area contributed by atoms with Crippen molar-refractivity contribution in [3.8, 4) is 11.5 Å². The Morgan fingerprint density at radius 2 is 2.06 bits per heavy atom. The van der Waals surface area contributed by atoms with E-state index in [9.17, 15) is 9.59 Å². The molecule has 1 aliphatic heterocycles. The number of ether oxygens (including phenoxy) is 3. The van der Waals surface area contributed by atoms with Gasteiger partial charge in [0, 0.05) is 6.08 Å². The zero-order chi connectivity index (χ0) is 11.5. The summed E-state index contributed by atoms with van der Waals surface area (Å²) in [5.41, 5.74) is 0.222. The molecular weight excluding hydrogens is 212 g/mol. The SMILES string of the molecule is C=CC(=O)OC(=O)c1ccc2c(c1)OCO2. The Morgan fingerprint density at radius 3 is 2.81 bits per heavy atom. The van der Waals surface area contributed by atoms with Crippen molar-refractivity contribution in [3.63, 3.8) is 0 Å². The molecule has 5 heteroatoms. The first-order valence-electron chi connectivity index (χ1n) is 4.49. The Balaban J connectivity index is 2.18. The van der Waals surface area contributed by atoms with Crippen molar-refractivity contribution in [2.24, 2.45) is 0 Å². The van der Waals surface area contributed by atoms with Crippen LogP contribution in [0.4, 0.5) is 0 Å². The van der Waals surface area contributed by atoms with E-state index in [1.165, 1.54) is 12.1 Å². The molecule has 0 unspecified atom stereocenters. The second-order valence-electron chi connectivity index (χ2n) is 2.98. The average molecular weight is 220 g/mol. The van der Waals surface area contributed by atoms with Gasteiger partial charge < -0.3 is 14.2 Å². The Hall–Kier alpha value is -2.30. The third-order valence-corrected chi connectivity index (χ3v) is 1.97. The van der Waals surface area contributed by atoms with Crippen LogP contribution in [0.25, 0.3) is 0 Å². The Kier molecular flexibility index (Phi) is 2.59. The van der Waals surface area contributed by atoms with Crippen molar-refractivity contribution < 1.29 is 23.8 Å². The van der Waals surface area contributed by atoms with Gasteiger partial charge in [-0.3, -0.25) is 0 Å². The summed E-state index contributed by atoms with van der Waals surface area (Å²) in [7, 11) is 0. The molecule has 0 N–H and O–H groups in total. The van der Waals surface area contributed by atoms with Crippen LogP contribution in [0.3, 0.4) is 0 Å². The maximum atomic E-state index is 11.4. The molecule has 1 aliphatic rings. The Morgan fingerprint density at radius 1 is 1.31 bits per heavy atom. The number of hydrogen-bond acceptors (Lipinski definition) is 5. The van der Waals surface area contributed by atoms with Gasteiger partial charge in [-0.15, -0.1) is 0 Å². The highest BCUT2D eigenvalue weighted by Crippen LogP contribution is 2.32. The van der Waals surface area contributed by atoms with Gasteiger partial charge in [0.25, 0.3) is 0 Å². The first-order chi connectivity index (χ1) is 7.70. The monoisotopic (exact) mass is 220 g/mol. The van der Waals surface area contributed by atoms with E-state index in [2.05, 4.69) is 11.3 Å². The standard InChI is InChI=1S/C11H8O5/c1-2-10(12)16-11(13)7-3-4-8-9(5-7)15-6-14-8/h2-5H,1,6H2. The smallest absolute Gasteiger partial charge is 0.346 e. The summed E-state index contributed by atoms with van der Waals surface area (Å²) >= 11 is 0. The first kappa shape index (κ1) is 10.2. The summed E-state index contributed by atoms with van der Waals surface area (Å²) in [6.07, 6.45) is 0.922.